The molecule has 0 N–H and O–H groups in total. The van der Waals surface area contributed by atoms with E-state index in [9.17, 15) is 9.59 Å². The number of hydrogen-bond acceptors (Lipinski definition) is 2. The number of halogens is 4. The van der Waals surface area contributed by atoms with Crippen molar-refractivity contribution in [2.45, 2.75) is 0 Å². The molecular formula is C20H10Cl4O2. The molecule has 3 aromatic rings. The van der Waals surface area contributed by atoms with Crippen LogP contribution in [0.4, 0.5) is 0 Å². The van der Waals surface area contributed by atoms with Gasteiger partial charge in [-0.1, -0.05) is 46.4 Å². The second-order valence-electron chi connectivity index (χ2n) is 5.48. The number of rotatable bonds is 4. The van der Waals surface area contributed by atoms with Crippen molar-refractivity contribution in [2.75, 3.05) is 0 Å². The Morgan fingerprint density at radius 2 is 0.846 bits per heavy atom. The molecule has 0 aliphatic carbocycles. The summed E-state index contributed by atoms with van der Waals surface area (Å²) in [5.41, 5.74) is 1.27. The fourth-order valence-electron chi connectivity index (χ4n) is 2.41. The molecule has 0 unspecified atom stereocenters. The Balaban J connectivity index is 1.98. The van der Waals surface area contributed by atoms with E-state index in [1.807, 2.05) is 0 Å². The second kappa shape index (κ2) is 7.81. The molecule has 0 saturated carbocycles. The van der Waals surface area contributed by atoms with E-state index in [1.54, 1.807) is 48.5 Å². The smallest absolute Gasteiger partial charge is 0.194 e. The van der Waals surface area contributed by atoms with E-state index in [0.717, 1.165) is 0 Å². The van der Waals surface area contributed by atoms with Crippen LogP contribution in [0, 0.1) is 0 Å². The lowest BCUT2D eigenvalue weighted by molar-refractivity contribution is 0.102. The van der Waals surface area contributed by atoms with Gasteiger partial charge in [0.15, 0.2) is 11.6 Å². The van der Waals surface area contributed by atoms with Crippen LogP contribution in [-0.2, 0) is 0 Å². The first-order valence-corrected chi connectivity index (χ1v) is 8.97. The Hall–Kier alpha value is -1.84. The highest BCUT2D eigenvalue weighted by Crippen LogP contribution is 2.29. The van der Waals surface area contributed by atoms with Crippen LogP contribution in [0.2, 0.25) is 20.1 Å². The molecule has 130 valence electrons. The van der Waals surface area contributed by atoms with Gasteiger partial charge in [0, 0.05) is 32.3 Å². The van der Waals surface area contributed by atoms with E-state index < -0.39 is 0 Å². The summed E-state index contributed by atoms with van der Waals surface area (Å²) in [6.45, 7) is 0. The first kappa shape index (κ1) is 18.9. The van der Waals surface area contributed by atoms with E-state index in [1.165, 1.54) is 12.1 Å². The molecule has 0 heterocycles. The lowest BCUT2D eigenvalue weighted by Gasteiger charge is -2.09. The van der Waals surface area contributed by atoms with Gasteiger partial charge in [0.2, 0.25) is 0 Å². The van der Waals surface area contributed by atoms with Gasteiger partial charge in [0.1, 0.15) is 0 Å². The zero-order valence-electron chi connectivity index (χ0n) is 13.1. The van der Waals surface area contributed by atoms with Gasteiger partial charge < -0.3 is 0 Å². The van der Waals surface area contributed by atoms with Crippen molar-refractivity contribution in [1.82, 2.24) is 0 Å². The first-order valence-electron chi connectivity index (χ1n) is 7.46. The SMILES string of the molecule is O=C(c1ccc(Cl)cc1)c1cc(Cl)c(C(=O)c2ccc(Cl)cc2)cc1Cl. The first-order chi connectivity index (χ1) is 12.4. The molecule has 3 rings (SSSR count). The highest BCUT2D eigenvalue weighted by Gasteiger charge is 2.20. The predicted octanol–water partition coefficient (Wildman–Crippen LogP) is 6.76. The Morgan fingerprint density at radius 3 is 1.15 bits per heavy atom. The number of carbonyl (C=O) groups is 2. The molecule has 0 radical (unpaired) electrons. The maximum atomic E-state index is 12.6. The summed E-state index contributed by atoms with van der Waals surface area (Å²) in [7, 11) is 0. The fraction of sp³-hybridized carbons (Fsp3) is 0. The third kappa shape index (κ3) is 3.94. The molecule has 0 spiro atoms. The monoisotopic (exact) mass is 422 g/mol. The molecular weight excluding hydrogens is 414 g/mol. The van der Waals surface area contributed by atoms with Crippen molar-refractivity contribution in [3.63, 3.8) is 0 Å². The maximum absolute atomic E-state index is 12.6. The van der Waals surface area contributed by atoms with Crippen LogP contribution in [0.15, 0.2) is 60.7 Å². The lowest BCUT2D eigenvalue weighted by Crippen LogP contribution is -2.06. The third-order valence-corrected chi connectivity index (χ3v) is 4.89. The van der Waals surface area contributed by atoms with Crippen molar-refractivity contribution >= 4 is 58.0 Å². The topological polar surface area (TPSA) is 34.1 Å². The summed E-state index contributed by atoms with van der Waals surface area (Å²) in [4.78, 5) is 25.3. The van der Waals surface area contributed by atoms with Crippen LogP contribution >= 0.6 is 46.4 Å². The largest absolute Gasteiger partial charge is 0.289 e. The van der Waals surface area contributed by atoms with Gasteiger partial charge in [-0.05, 0) is 60.7 Å². The summed E-state index contributed by atoms with van der Waals surface area (Å²) in [6, 6.07) is 15.7. The van der Waals surface area contributed by atoms with Gasteiger partial charge in [0.25, 0.3) is 0 Å². The van der Waals surface area contributed by atoms with E-state index in [0.29, 0.717) is 21.2 Å². The maximum Gasteiger partial charge on any atom is 0.194 e. The van der Waals surface area contributed by atoms with Gasteiger partial charge in [-0.3, -0.25) is 9.59 Å². The molecule has 26 heavy (non-hydrogen) atoms. The zero-order chi connectivity index (χ0) is 18.8. The molecule has 0 atom stereocenters. The second-order valence-corrected chi connectivity index (χ2v) is 7.17. The van der Waals surface area contributed by atoms with Crippen LogP contribution in [0.5, 0.6) is 0 Å². The van der Waals surface area contributed by atoms with Crippen LogP contribution in [0.25, 0.3) is 0 Å². The minimum Gasteiger partial charge on any atom is -0.289 e. The van der Waals surface area contributed by atoms with Crippen molar-refractivity contribution in [3.05, 3.63) is 103 Å². The van der Waals surface area contributed by atoms with E-state index >= 15 is 0 Å². The molecule has 0 bridgehead atoms. The molecule has 0 aliphatic rings. The minimum atomic E-state index is -0.306. The summed E-state index contributed by atoms with van der Waals surface area (Å²) in [5, 5.41) is 1.34. The predicted molar refractivity (Wildman–Crippen MR) is 106 cm³/mol. The normalized spacial score (nSPS) is 10.6. The van der Waals surface area contributed by atoms with Crippen molar-refractivity contribution in [1.29, 1.82) is 0 Å². The number of hydrogen-bond donors (Lipinski definition) is 0. The molecule has 0 aromatic heterocycles. The molecule has 6 heteroatoms. The van der Waals surface area contributed by atoms with E-state index in [-0.39, 0.29) is 32.7 Å². The quantitative estimate of drug-likeness (QED) is 0.434. The summed E-state index contributed by atoms with van der Waals surface area (Å²) in [5.74, 6) is -0.613. The average molecular weight is 424 g/mol. The third-order valence-electron chi connectivity index (χ3n) is 3.76. The van der Waals surface area contributed by atoms with Gasteiger partial charge in [-0.25, -0.2) is 0 Å². The Bertz CT molecular complexity index is 910. The lowest BCUT2D eigenvalue weighted by atomic mass is 9.98. The van der Waals surface area contributed by atoms with Crippen LogP contribution in [0.1, 0.15) is 31.8 Å². The summed E-state index contributed by atoms with van der Waals surface area (Å²) in [6.07, 6.45) is 0. The highest BCUT2D eigenvalue weighted by molar-refractivity contribution is 6.39. The number of ketones is 2. The van der Waals surface area contributed by atoms with Crippen LogP contribution in [0.3, 0.4) is 0 Å². The average Bonchev–Trinajstić information content (AvgIpc) is 2.63. The number of carbonyl (C=O) groups excluding carboxylic acids is 2. The Labute approximate surface area is 170 Å². The van der Waals surface area contributed by atoms with E-state index in [2.05, 4.69) is 0 Å². The minimum absolute atomic E-state index is 0.145. The van der Waals surface area contributed by atoms with Crippen molar-refractivity contribution < 1.29 is 9.59 Å². The zero-order valence-corrected chi connectivity index (χ0v) is 16.1. The molecule has 0 saturated heterocycles. The fourth-order valence-corrected chi connectivity index (χ4v) is 3.16. The number of benzene rings is 3. The molecule has 0 amide bonds. The summed E-state index contributed by atoms with van der Waals surface area (Å²) < 4.78 is 0. The van der Waals surface area contributed by atoms with Gasteiger partial charge in [0.05, 0.1) is 10.0 Å². The van der Waals surface area contributed by atoms with Crippen LogP contribution < -0.4 is 0 Å². The van der Waals surface area contributed by atoms with Gasteiger partial charge >= 0.3 is 0 Å². The Kier molecular flexibility index (Phi) is 5.69. The standard InChI is InChI=1S/C20H10Cl4O2/c21-13-5-1-11(2-6-13)19(25)15-9-18(24)16(10-17(15)23)20(26)12-3-7-14(22)8-4-12/h1-10H. The molecule has 2 nitrogen and oxygen atoms in total. The molecule has 3 aromatic carbocycles. The van der Waals surface area contributed by atoms with Crippen molar-refractivity contribution in [2.24, 2.45) is 0 Å². The van der Waals surface area contributed by atoms with E-state index in [4.69, 9.17) is 46.4 Å². The van der Waals surface area contributed by atoms with Gasteiger partial charge in [-0.2, -0.15) is 0 Å². The van der Waals surface area contributed by atoms with Crippen molar-refractivity contribution in [3.8, 4) is 0 Å². The Morgan fingerprint density at radius 1 is 0.538 bits per heavy atom. The molecule has 0 fully saturated rings. The highest BCUT2D eigenvalue weighted by atomic mass is 35.5. The van der Waals surface area contributed by atoms with Crippen LogP contribution in [-0.4, -0.2) is 11.6 Å². The molecule has 0 aliphatic heterocycles. The summed E-state index contributed by atoms with van der Waals surface area (Å²) >= 11 is 24.2. The van der Waals surface area contributed by atoms with Gasteiger partial charge in [-0.15, -0.1) is 0 Å².